The van der Waals surface area contributed by atoms with E-state index in [1.165, 1.54) is 0 Å². The van der Waals surface area contributed by atoms with Gasteiger partial charge in [0, 0.05) is 0 Å². The average molecular weight is 217 g/mol. The number of alkyl halides is 2. The summed E-state index contributed by atoms with van der Waals surface area (Å²) in [5.41, 5.74) is -1.24. The minimum atomic E-state index is -2.86. The van der Waals surface area contributed by atoms with Crippen LogP contribution in [0.15, 0.2) is 0 Å². The van der Waals surface area contributed by atoms with Crippen molar-refractivity contribution in [2.24, 2.45) is 5.92 Å². The van der Waals surface area contributed by atoms with Gasteiger partial charge in [0.25, 0.3) is 6.43 Å². The van der Waals surface area contributed by atoms with Crippen LogP contribution in [0.3, 0.4) is 0 Å². The second kappa shape index (κ2) is 3.25. The fourth-order valence-corrected chi connectivity index (χ4v) is 1.54. The maximum atomic E-state index is 12.6. The molecule has 1 aromatic heterocycles. The number of aromatic carboxylic acids is 1. The van der Waals surface area contributed by atoms with E-state index in [-0.39, 0.29) is 12.0 Å². The van der Waals surface area contributed by atoms with Crippen LogP contribution in [0.25, 0.3) is 0 Å². The molecule has 1 saturated carbocycles. The van der Waals surface area contributed by atoms with E-state index in [9.17, 15) is 13.6 Å². The van der Waals surface area contributed by atoms with Gasteiger partial charge >= 0.3 is 5.97 Å². The number of carboxylic acid groups (broad SMARTS) is 1. The molecule has 0 aromatic carbocycles. The highest BCUT2D eigenvalue weighted by molar-refractivity contribution is 5.86. The van der Waals surface area contributed by atoms with Gasteiger partial charge in [0.05, 0.1) is 6.04 Å². The van der Waals surface area contributed by atoms with Gasteiger partial charge in [0.2, 0.25) is 0 Å². The molecule has 15 heavy (non-hydrogen) atoms. The van der Waals surface area contributed by atoms with Crippen LogP contribution in [-0.2, 0) is 0 Å². The number of hydrogen-bond acceptors (Lipinski definition) is 3. The summed E-state index contributed by atoms with van der Waals surface area (Å²) >= 11 is 0. The van der Waals surface area contributed by atoms with Crippen LogP contribution >= 0.6 is 0 Å². The van der Waals surface area contributed by atoms with E-state index in [0.29, 0.717) is 0 Å². The molecule has 0 bridgehead atoms. The van der Waals surface area contributed by atoms with E-state index in [1.54, 1.807) is 0 Å². The van der Waals surface area contributed by atoms with Gasteiger partial charge in [0.15, 0.2) is 5.69 Å². The molecule has 2 rings (SSSR count). The van der Waals surface area contributed by atoms with Crippen molar-refractivity contribution >= 4 is 5.97 Å². The van der Waals surface area contributed by atoms with Crippen LogP contribution in [0.2, 0.25) is 0 Å². The predicted molar refractivity (Wildman–Crippen MR) is 44.8 cm³/mol. The molecule has 0 amide bonds. The molecule has 1 aromatic rings. The minimum Gasteiger partial charge on any atom is -0.476 e. The lowest BCUT2D eigenvalue weighted by Gasteiger charge is -2.03. The Bertz CT molecular complexity index is 405. The highest BCUT2D eigenvalue weighted by Gasteiger charge is 2.40. The Balaban J connectivity index is 2.43. The van der Waals surface area contributed by atoms with Crippen molar-refractivity contribution in [1.29, 1.82) is 0 Å². The third kappa shape index (κ3) is 1.57. The fraction of sp³-hybridized carbons (Fsp3) is 0.625. The fourth-order valence-electron chi connectivity index (χ4n) is 1.54. The Morgan fingerprint density at radius 2 is 2.27 bits per heavy atom. The van der Waals surface area contributed by atoms with Gasteiger partial charge in [-0.05, 0) is 12.3 Å². The minimum absolute atomic E-state index is 0.130. The van der Waals surface area contributed by atoms with Crippen molar-refractivity contribution in [2.45, 2.75) is 25.8 Å². The number of carboxylic acids is 1. The van der Waals surface area contributed by atoms with E-state index in [0.717, 1.165) is 11.1 Å². The molecule has 0 spiro atoms. The quantitative estimate of drug-likeness (QED) is 0.832. The lowest BCUT2D eigenvalue weighted by atomic mass is 10.3. The molecule has 1 N–H and O–H groups in total. The summed E-state index contributed by atoms with van der Waals surface area (Å²) in [6.45, 7) is 1.89. The van der Waals surface area contributed by atoms with E-state index in [4.69, 9.17) is 5.11 Å². The molecule has 0 radical (unpaired) electrons. The summed E-state index contributed by atoms with van der Waals surface area (Å²) in [6, 6.07) is -0.130. The first kappa shape index (κ1) is 10.0. The molecule has 1 fully saturated rings. The van der Waals surface area contributed by atoms with Crippen LogP contribution < -0.4 is 0 Å². The van der Waals surface area contributed by atoms with Crippen molar-refractivity contribution in [1.82, 2.24) is 15.0 Å². The zero-order valence-electron chi connectivity index (χ0n) is 7.89. The molecule has 2 atom stereocenters. The number of aromatic nitrogens is 3. The summed E-state index contributed by atoms with van der Waals surface area (Å²) in [4.78, 5) is 10.6. The molecular weight excluding hydrogens is 208 g/mol. The SMILES string of the molecule is CC1CC1n1nnc(C(=O)O)c1C(F)F. The molecule has 1 aliphatic carbocycles. The number of carbonyl (C=O) groups is 1. The van der Waals surface area contributed by atoms with Gasteiger partial charge in [-0.3, -0.25) is 0 Å². The molecule has 0 aliphatic heterocycles. The largest absolute Gasteiger partial charge is 0.476 e. The number of rotatable bonds is 3. The summed E-state index contributed by atoms with van der Waals surface area (Å²) in [6.07, 6.45) is -2.12. The van der Waals surface area contributed by atoms with Crippen LogP contribution in [-0.4, -0.2) is 26.1 Å². The molecule has 1 heterocycles. The zero-order valence-corrected chi connectivity index (χ0v) is 7.89. The van der Waals surface area contributed by atoms with Crippen molar-refractivity contribution in [3.8, 4) is 0 Å². The molecule has 2 unspecified atom stereocenters. The summed E-state index contributed by atoms with van der Waals surface area (Å²) in [7, 11) is 0. The highest BCUT2D eigenvalue weighted by Crippen LogP contribution is 2.44. The van der Waals surface area contributed by atoms with Crippen LogP contribution in [0.5, 0.6) is 0 Å². The average Bonchev–Trinajstić information content (AvgIpc) is 2.71. The van der Waals surface area contributed by atoms with Gasteiger partial charge in [-0.25, -0.2) is 18.3 Å². The van der Waals surface area contributed by atoms with E-state index in [2.05, 4.69) is 10.3 Å². The molecular formula is C8H9F2N3O2. The first-order chi connectivity index (χ1) is 7.02. The first-order valence-corrected chi connectivity index (χ1v) is 4.49. The van der Waals surface area contributed by atoms with E-state index >= 15 is 0 Å². The van der Waals surface area contributed by atoms with Crippen molar-refractivity contribution in [2.75, 3.05) is 0 Å². The maximum absolute atomic E-state index is 12.6. The zero-order chi connectivity index (χ0) is 11.2. The lowest BCUT2D eigenvalue weighted by molar-refractivity contribution is 0.0675. The third-order valence-electron chi connectivity index (χ3n) is 2.52. The Labute approximate surface area is 83.7 Å². The molecule has 7 heteroatoms. The van der Waals surface area contributed by atoms with Crippen LogP contribution in [0, 0.1) is 5.92 Å². The third-order valence-corrected chi connectivity index (χ3v) is 2.52. The second-order valence-electron chi connectivity index (χ2n) is 3.65. The highest BCUT2D eigenvalue weighted by atomic mass is 19.3. The Hall–Kier alpha value is -1.53. The summed E-state index contributed by atoms with van der Waals surface area (Å²) < 4.78 is 26.3. The normalized spacial score (nSPS) is 24.5. The maximum Gasteiger partial charge on any atom is 0.358 e. The smallest absolute Gasteiger partial charge is 0.358 e. The van der Waals surface area contributed by atoms with Gasteiger partial charge in [-0.15, -0.1) is 5.10 Å². The number of hydrogen-bond donors (Lipinski definition) is 1. The van der Waals surface area contributed by atoms with Crippen molar-refractivity contribution in [3.63, 3.8) is 0 Å². The van der Waals surface area contributed by atoms with Gasteiger partial charge < -0.3 is 5.11 Å². The van der Waals surface area contributed by atoms with Gasteiger partial charge in [-0.1, -0.05) is 12.1 Å². The van der Waals surface area contributed by atoms with Gasteiger partial charge in [-0.2, -0.15) is 0 Å². The van der Waals surface area contributed by atoms with E-state index < -0.39 is 23.8 Å². The first-order valence-electron chi connectivity index (χ1n) is 4.49. The van der Waals surface area contributed by atoms with Crippen LogP contribution in [0.1, 0.15) is 42.0 Å². The Morgan fingerprint density at radius 3 is 2.67 bits per heavy atom. The number of nitrogens with zero attached hydrogens (tertiary/aromatic N) is 3. The van der Waals surface area contributed by atoms with Crippen LogP contribution in [0.4, 0.5) is 8.78 Å². The second-order valence-corrected chi connectivity index (χ2v) is 3.65. The van der Waals surface area contributed by atoms with E-state index in [1.807, 2.05) is 6.92 Å². The molecule has 1 aliphatic rings. The number of halogens is 2. The predicted octanol–water partition coefficient (Wildman–Crippen LogP) is 1.49. The summed E-state index contributed by atoms with van der Waals surface area (Å²) in [5, 5.41) is 15.4. The van der Waals surface area contributed by atoms with Crippen molar-refractivity contribution in [3.05, 3.63) is 11.4 Å². The Morgan fingerprint density at radius 1 is 1.67 bits per heavy atom. The molecule has 82 valence electrons. The van der Waals surface area contributed by atoms with Gasteiger partial charge in [0.1, 0.15) is 5.69 Å². The monoisotopic (exact) mass is 217 g/mol. The molecule has 0 saturated heterocycles. The summed E-state index contributed by atoms with van der Waals surface area (Å²) in [5.74, 6) is -1.21. The Kier molecular flexibility index (Phi) is 2.17. The van der Waals surface area contributed by atoms with Crippen molar-refractivity contribution < 1.29 is 18.7 Å². The standard InChI is InChI=1S/C8H9F2N3O2/c1-3-2-4(3)13-6(7(9)10)5(8(14)15)11-12-13/h3-4,7H,2H2,1H3,(H,14,15). The molecule has 5 nitrogen and oxygen atoms in total. The topological polar surface area (TPSA) is 68.0 Å². The lowest BCUT2D eigenvalue weighted by Crippen LogP contribution is -2.08.